The summed E-state index contributed by atoms with van der Waals surface area (Å²) in [7, 11) is 0. The van der Waals surface area contributed by atoms with Crippen LogP contribution in [0.3, 0.4) is 0 Å². The number of fused-ring (bicyclic) bond motifs is 8. The zero-order valence-corrected chi connectivity index (χ0v) is 14.5. The number of hydrogen-bond acceptors (Lipinski definition) is 2. The molecule has 0 aliphatic carbocycles. The SMILES string of the molecule is C1=Cc2cc3ccc(cc4nc(cc5ccc(cc1n2)[nH]5)CC4)[nH]3.[Fe]. The molecule has 3 aromatic rings. The molecule has 4 nitrogen and oxygen atoms in total. The first kappa shape index (κ1) is 15.9. The zero-order valence-electron chi connectivity index (χ0n) is 13.4. The average Bonchev–Trinajstić information content (AvgIpc) is 3.32. The maximum atomic E-state index is 4.75. The summed E-state index contributed by atoms with van der Waals surface area (Å²) < 4.78 is 0. The van der Waals surface area contributed by atoms with Gasteiger partial charge in [-0.25, -0.2) is 4.98 Å². The molecule has 2 aliphatic heterocycles. The largest absolute Gasteiger partial charge is 0.355 e. The molecule has 25 heavy (non-hydrogen) atoms. The summed E-state index contributed by atoms with van der Waals surface area (Å²) in [6.45, 7) is 0. The molecule has 5 heteroatoms. The Morgan fingerprint density at radius 2 is 1.04 bits per heavy atom. The van der Waals surface area contributed by atoms with Crippen molar-refractivity contribution in [3.8, 4) is 0 Å². The van der Waals surface area contributed by atoms with Crippen molar-refractivity contribution in [1.29, 1.82) is 0 Å². The van der Waals surface area contributed by atoms with Crippen LogP contribution < -0.4 is 0 Å². The molecular weight excluding hydrogens is 352 g/mol. The molecule has 0 aromatic carbocycles. The van der Waals surface area contributed by atoms with Gasteiger partial charge in [0.2, 0.25) is 0 Å². The predicted octanol–water partition coefficient (Wildman–Crippen LogP) is 4.27. The number of nitrogens with zero attached hydrogens (tertiary/aromatic N) is 2. The quantitative estimate of drug-likeness (QED) is 0.456. The molecule has 5 rings (SSSR count). The first-order chi connectivity index (χ1) is 11.8. The van der Waals surface area contributed by atoms with Crippen LogP contribution in [0.15, 0.2) is 48.5 Å². The van der Waals surface area contributed by atoms with Gasteiger partial charge in [0.25, 0.3) is 0 Å². The van der Waals surface area contributed by atoms with Crippen molar-refractivity contribution in [2.24, 2.45) is 0 Å². The predicted molar refractivity (Wildman–Crippen MR) is 97.3 cm³/mol. The third kappa shape index (κ3) is 3.29. The number of aryl methyl sites for hydroxylation is 2. The summed E-state index contributed by atoms with van der Waals surface area (Å²) in [6, 6.07) is 16.7. The van der Waals surface area contributed by atoms with Gasteiger partial charge in [0.05, 0.1) is 11.4 Å². The number of hydrogen-bond donors (Lipinski definition) is 2. The first-order valence-electron chi connectivity index (χ1n) is 8.14. The summed E-state index contributed by atoms with van der Waals surface area (Å²) >= 11 is 0. The number of rotatable bonds is 0. The van der Waals surface area contributed by atoms with Crippen LogP contribution in [0, 0.1) is 0 Å². The minimum atomic E-state index is 0. The molecule has 8 bridgehead atoms. The molecule has 0 atom stereocenters. The van der Waals surface area contributed by atoms with E-state index in [4.69, 9.17) is 4.98 Å². The number of aromatic amines is 2. The van der Waals surface area contributed by atoms with Crippen LogP contribution in [-0.4, -0.2) is 19.9 Å². The van der Waals surface area contributed by atoms with Crippen molar-refractivity contribution in [2.75, 3.05) is 0 Å². The molecular formula is C20H16FeN4. The van der Waals surface area contributed by atoms with E-state index in [2.05, 4.69) is 63.5 Å². The van der Waals surface area contributed by atoms with E-state index in [0.29, 0.717) is 0 Å². The molecule has 0 spiro atoms. The summed E-state index contributed by atoms with van der Waals surface area (Å²) in [5.74, 6) is 0. The molecule has 0 amide bonds. The van der Waals surface area contributed by atoms with Gasteiger partial charge in [-0.1, -0.05) is 0 Å². The first-order valence-corrected chi connectivity index (χ1v) is 8.14. The third-order valence-electron chi connectivity index (χ3n) is 4.32. The number of nitrogens with one attached hydrogen (secondary N) is 2. The zero-order chi connectivity index (χ0) is 15.9. The van der Waals surface area contributed by atoms with Gasteiger partial charge in [-0.2, -0.15) is 0 Å². The normalized spacial score (nSPS) is 12.8. The minimum absolute atomic E-state index is 0. The van der Waals surface area contributed by atoms with E-state index in [1.165, 1.54) is 0 Å². The molecule has 0 radical (unpaired) electrons. The van der Waals surface area contributed by atoms with E-state index in [1.54, 1.807) is 0 Å². The van der Waals surface area contributed by atoms with Crippen LogP contribution in [0.5, 0.6) is 0 Å². The fraction of sp³-hybridized carbons (Fsp3) is 0.100. The average molecular weight is 368 g/mol. The second kappa shape index (κ2) is 6.36. The smallest absolute Gasteiger partial charge is 0.0658 e. The molecule has 0 saturated carbocycles. The fourth-order valence-corrected chi connectivity index (χ4v) is 3.19. The van der Waals surface area contributed by atoms with Crippen LogP contribution in [0.1, 0.15) is 22.8 Å². The minimum Gasteiger partial charge on any atom is -0.355 e. The molecule has 3 aromatic heterocycles. The molecule has 0 saturated heterocycles. The van der Waals surface area contributed by atoms with Crippen LogP contribution >= 0.6 is 0 Å². The van der Waals surface area contributed by atoms with Crippen LogP contribution in [0.4, 0.5) is 0 Å². The van der Waals surface area contributed by atoms with Crippen molar-refractivity contribution in [3.63, 3.8) is 0 Å². The van der Waals surface area contributed by atoms with Gasteiger partial charge < -0.3 is 9.97 Å². The maximum Gasteiger partial charge on any atom is 0.0658 e. The van der Waals surface area contributed by atoms with E-state index in [-0.39, 0.29) is 17.1 Å². The summed E-state index contributed by atoms with van der Waals surface area (Å²) in [5, 5.41) is 0. The van der Waals surface area contributed by atoms with Crippen LogP contribution in [0.2, 0.25) is 0 Å². The van der Waals surface area contributed by atoms with E-state index in [9.17, 15) is 0 Å². The van der Waals surface area contributed by atoms with Crippen LogP contribution in [-0.2, 0) is 29.9 Å². The Morgan fingerprint density at radius 1 is 0.600 bits per heavy atom. The molecule has 0 fully saturated rings. The third-order valence-corrected chi connectivity index (χ3v) is 4.32. The standard InChI is InChI=1S/C20H16N4.Fe/c1-2-14-10-16-5-6-18(23-16)12-20-8-7-19(24-20)11-17-4-3-15(22-17)9-13(1)21-14;/h1-6,9-12,22-23H,7-8H2;. The second-order valence-electron chi connectivity index (χ2n) is 6.20. The number of H-pyrrole nitrogens is 2. The summed E-state index contributed by atoms with van der Waals surface area (Å²) in [4.78, 5) is 16.2. The van der Waals surface area contributed by atoms with Crippen molar-refractivity contribution < 1.29 is 17.1 Å². The van der Waals surface area contributed by atoms with E-state index >= 15 is 0 Å². The van der Waals surface area contributed by atoms with Gasteiger partial charge in [0, 0.05) is 50.5 Å². The van der Waals surface area contributed by atoms with E-state index in [1.807, 2.05) is 12.2 Å². The topological polar surface area (TPSA) is 57.4 Å². The Hall–Kier alpha value is -2.62. The van der Waals surface area contributed by atoms with Crippen LogP contribution in [0.25, 0.3) is 34.2 Å². The summed E-state index contributed by atoms with van der Waals surface area (Å²) in [6.07, 6.45) is 6.03. The van der Waals surface area contributed by atoms with Gasteiger partial charge in [-0.15, -0.1) is 0 Å². The van der Waals surface area contributed by atoms with E-state index < -0.39 is 0 Å². The molecule has 2 aliphatic rings. The fourth-order valence-electron chi connectivity index (χ4n) is 3.19. The number of aromatic nitrogens is 4. The molecule has 0 unspecified atom stereocenters. The summed E-state index contributed by atoms with van der Waals surface area (Å²) in [5.41, 5.74) is 8.40. The van der Waals surface area contributed by atoms with Crippen molar-refractivity contribution >= 4 is 34.2 Å². The van der Waals surface area contributed by atoms with E-state index in [0.717, 1.165) is 57.7 Å². The van der Waals surface area contributed by atoms with Gasteiger partial charge in [0.1, 0.15) is 0 Å². The molecule has 124 valence electrons. The van der Waals surface area contributed by atoms with Crippen molar-refractivity contribution in [3.05, 3.63) is 71.3 Å². The van der Waals surface area contributed by atoms with Gasteiger partial charge in [-0.05, 0) is 73.5 Å². The van der Waals surface area contributed by atoms with Gasteiger partial charge in [0.15, 0.2) is 0 Å². The molecule has 5 heterocycles. The molecule has 2 N–H and O–H groups in total. The van der Waals surface area contributed by atoms with Crippen molar-refractivity contribution in [2.45, 2.75) is 12.8 Å². The Kier molecular flexibility index (Phi) is 4.04. The Labute approximate surface area is 155 Å². The monoisotopic (exact) mass is 368 g/mol. The van der Waals surface area contributed by atoms with Crippen molar-refractivity contribution in [1.82, 2.24) is 19.9 Å². The van der Waals surface area contributed by atoms with Gasteiger partial charge in [-0.3, -0.25) is 4.98 Å². The maximum absolute atomic E-state index is 4.75. The Bertz CT molecular complexity index is 1040. The Morgan fingerprint density at radius 3 is 1.52 bits per heavy atom. The Balaban J connectivity index is 0.00000157. The second-order valence-corrected chi connectivity index (χ2v) is 6.20. The van der Waals surface area contributed by atoms with Gasteiger partial charge >= 0.3 is 0 Å².